The molecule has 2 atom stereocenters. The van der Waals surface area contributed by atoms with E-state index >= 15 is 0 Å². The van der Waals surface area contributed by atoms with Crippen molar-refractivity contribution in [2.24, 2.45) is 0 Å². The Kier molecular flexibility index (Phi) is 6.39. The fourth-order valence-electron chi connectivity index (χ4n) is 3.85. The van der Waals surface area contributed by atoms with Crippen molar-refractivity contribution in [3.63, 3.8) is 0 Å². The molecule has 0 bridgehead atoms. The van der Waals surface area contributed by atoms with Gasteiger partial charge in [-0.3, -0.25) is 4.79 Å². The number of pyridine rings is 1. The number of nitrogens with one attached hydrogen (secondary N) is 1. The summed E-state index contributed by atoms with van der Waals surface area (Å²) in [5, 5.41) is 2.76. The number of carbonyl (C=O) groups excluding carboxylic acids is 1. The topological polar surface area (TPSA) is 71.0 Å². The molecule has 1 aliphatic rings. The quantitative estimate of drug-likeness (QED) is 0.419. The first-order valence-corrected chi connectivity index (χ1v) is 11.3. The van der Waals surface area contributed by atoms with E-state index in [2.05, 4.69) is 36.4 Å². The van der Waals surface area contributed by atoms with Crippen LogP contribution >= 0.6 is 9.24 Å². The maximum absolute atomic E-state index is 14.7. The van der Waals surface area contributed by atoms with Gasteiger partial charge in [0.25, 0.3) is 5.91 Å². The van der Waals surface area contributed by atoms with Gasteiger partial charge in [-0.25, -0.2) is 19.3 Å². The third kappa shape index (κ3) is 5.01. The molecule has 33 heavy (non-hydrogen) atoms. The maximum atomic E-state index is 14.7. The number of anilines is 2. The number of aromatic nitrogens is 3. The third-order valence-electron chi connectivity index (χ3n) is 5.63. The van der Waals surface area contributed by atoms with Gasteiger partial charge >= 0.3 is 0 Å². The lowest BCUT2D eigenvalue weighted by atomic mass is 10.0. The van der Waals surface area contributed by atoms with Gasteiger partial charge in [0.1, 0.15) is 11.6 Å². The predicted molar refractivity (Wildman–Crippen MR) is 129 cm³/mol. The van der Waals surface area contributed by atoms with Crippen LogP contribution in [0.1, 0.15) is 49.3 Å². The molecule has 6 nitrogen and oxygen atoms in total. The zero-order valence-corrected chi connectivity index (χ0v) is 19.9. The standard InChI is InChI=1S/C24H26F2N5OP/c1-14(2)21-27-11-15(12-28-21)23(32)30-20-17(16-6-4-5-7-18(16)25)10-19(26)29-22(20)31-9-8-24(3,33)13-31/h4-7,10-12,14H,8-9,13,33H2,1-3H3,(H,30,32). The summed E-state index contributed by atoms with van der Waals surface area (Å²) in [5.74, 6) is -0.730. The lowest BCUT2D eigenvalue weighted by Crippen LogP contribution is -2.27. The van der Waals surface area contributed by atoms with Crippen LogP contribution in [0, 0.1) is 11.8 Å². The zero-order chi connectivity index (χ0) is 23.8. The van der Waals surface area contributed by atoms with Crippen LogP contribution in [0.4, 0.5) is 20.3 Å². The van der Waals surface area contributed by atoms with Crippen molar-refractivity contribution in [3.8, 4) is 11.1 Å². The molecule has 1 aliphatic heterocycles. The summed E-state index contributed by atoms with van der Waals surface area (Å²) in [6.07, 6.45) is 3.75. The van der Waals surface area contributed by atoms with E-state index in [1.54, 1.807) is 18.2 Å². The SMILES string of the molecule is CC(C)c1ncc(C(=O)Nc2c(-c3ccccc3F)cc(F)nc2N2CCC(C)(P)C2)cn1. The van der Waals surface area contributed by atoms with Gasteiger partial charge in [0.05, 0.1) is 11.3 Å². The Balaban J connectivity index is 1.80. The zero-order valence-electron chi connectivity index (χ0n) is 18.8. The summed E-state index contributed by atoms with van der Waals surface area (Å²) < 4.78 is 29.4. The first-order valence-electron chi connectivity index (χ1n) is 10.8. The number of nitrogens with zero attached hydrogens (tertiary/aromatic N) is 4. The molecular formula is C24H26F2N5OP. The van der Waals surface area contributed by atoms with Crippen LogP contribution in [0.2, 0.25) is 0 Å². The molecule has 2 aromatic heterocycles. The summed E-state index contributed by atoms with van der Waals surface area (Å²) in [6, 6.07) is 7.21. The molecule has 1 fully saturated rings. The number of halogens is 2. The van der Waals surface area contributed by atoms with Crippen LogP contribution in [-0.4, -0.2) is 39.1 Å². The van der Waals surface area contributed by atoms with Crippen molar-refractivity contribution in [3.05, 3.63) is 65.9 Å². The Labute approximate surface area is 194 Å². The molecule has 0 saturated carbocycles. The van der Waals surface area contributed by atoms with Gasteiger partial charge in [-0.05, 0) is 12.5 Å². The number of hydrogen-bond acceptors (Lipinski definition) is 5. The molecule has 9 heteroatoms. The second-order valence-electron chi connectivity index (χ2n) is 8.94. The summed E-state index contributed by atoms with van der Waals surface area (Å²) in [7, 11) is 2.81. The number of rotatable bonds is 5. The van der Waals surface area contributed by atoms with Gasteiger partial charge in [0, 0.05) is 53.8 Å². The Bertz CT molecular complexity index is 1180. The summed E-state index contributed by atoms with van der Waals surface area (Å²) in [5.41, 5.74) is 0.893. The largest absolute Gasteiger partial charge is 0.354 e. The molecular weight excluding hydrogens is 443 g/mol. The number of benzene rings is 1. The number of carbonyl (C=O) groups is 1. The van der Waals surface area contributed by atoms with Gasteiger partial charge in [-0.2, -0.15) is 4.39 Å². The first-order chi connectivity index (χ1) is 15.6. The molecule has 1 N–H and O–H groups in total. The van der Waals surface area contributed by atoms with Crippen LogP contribution in [-0.2, 0) is 0 Å². The second kappa shape index (κ2) is 9.10. The highest BCUT2D eigenvalue weighted by molar-refractivity contribution is 7.19. The number of hydrogen-bond donors (Lipinski definition) is 1. The molecule has 172 valence electrons. The molecule has 0 radical (unpaired) electrons. The molecule has 0 spiro atoms. The van der Waals surface area contributed by atoms with Crippen molar-refractivity contribution in [1.82, 2.24) is 15.0 Å². The summed E-state index contributed by atoms with van der Waals surface area (Å²) in [4.78, 5) is 27.6. The lowest BCUT2D eigenvalue weighted by molar-refractivity contribution is 0.102. The summed E-state index contributed by atoms with van der Waals surface area (Å²) in [6.45, 7) is 7.23. The Morgan fingerprint density at radius 1 is 1.18 bits per heavy atom. The Morgan fingerprint density at radius 2 is 1.88 bits per heavy atom. The van der Waals surface area contributed by atoms with Crippen LogP contribution in [0.5, 0.6) is 0 Å². The first kappa shape index (κ1) is 23.2. The van der Waals surface area contributed by atoms with Crippen LogP contribution < -0.4 is 10.2 Å². The highest BCUT2D eigenvalue weighted by Gasteiger charge is 2.33. The van der Waals surface area contributed by atoms with E-state index in [0.717, 1.165) is 12.5 Å². The molecule has 1 aromatic carbocycles. The van der Waals surface area contributed by atoms with E-state index in [1.165, 1.54) is 18.5 Å². The van der Waals surface area contributed by atoms with Crippen molar-refractivity contribution in [2.45, 2.75) is 38.3 Å². The summed E-state index contributed by atoms with van der Waals surface area (Å²) >= 11 is 0. The fraction of sp³-hybridized carbons (Fsp3) is 0.333. The molecule has 3 aromatic rings. The van der Waals surface area contributed by atoms with E-state index in [-0.39, 0.29) is 39.3 Å². The van der Waals surface area contributed by atoms with Crippen LogP contribution in [0.3, 0.4) is 0 Å². The van der Waals surface area contributed by atoms with E-state index in [4.69, 9.17) is 0 Å². The molecule has 1 saturated heterocycles. The minimum absolute atomic E-state index is 0.0754. The molecule has 1 amide bonds. The van der Waals surface area contributed by atoms with Gasteiger partial charge in [0.15, 0.2) is 5.82 Å². The normalized spacial score (nSPS) is 18.1. The fourth-order valence-corrected chi connectivity index (χ4v) is 4.20. The lowest BCUT2D eigenvalue weighted by Gasteiger charge is -2.25. The van der Waals surface area contributed by atoms with Crippen LogP contribution in [0.15, 0.2) is 42.7 Å². The van der Waals surface area contributed by atoms with Crippen molar-refractivity contribution >= 4 is 26.7 Å². The maximum Gasteiger partial charge on any atom is 0.258 e. The van der Waals surface area contributed by atoms with E-state index in [1.807, 2.05) is 18.7 Å². The smallest absolute Gasteiger partial charge is 0.258 e. The van der Waals surface area contributed by atoms with Crippen molar-refractivity contribution < 1.29 is 13.6 Å². The Morgan fingerprint density at radius 3 is 2.48 bits per heavy atom. The number of amides is 1. The van der Waals surface area contributed by atoms with Gasteiger partial charge in [-0.15, -0.1) is 9.24 Å². The van der Waals surface area contributed by atoms with Crippen LogP contribution in [0.25, 0.3) is 11.1 Å². The van der Waals surface area contributed by atoms with Crippen molar-refractivity contribution in [1.29, 1.82) is 0 Å². The second-order valence-corrected chi connectivity index (χ2v) is 10.3. The average molecular weight is 469 g/mol. The van der Waals surface area contributed by atoms with E-state index < -0.39 is 17.7 Å². The molecule has 4 rings (SSSR count). The van der Waals surface area contributed by atoms with Crippen molar-refractivity contribution in [2.75, 3.05) is 23.3 Å². The minimum Gasteiger partial charge on any atom is -0.354 e. The predicted octanol–water partition coefficient (Wildman–Crippen LogP) is 5.04. The monoisotopic (exact) mass is 469 g/mol. The third-order valence-corrected chi connectivity index (χ3v) is 6.10. The highest BCUT2D eigenvalue weighted by atomic mass is 31.0. The highest BCUT2D eigenvalue weighted by Crippen LogP contribution is 2.41. The molecule has 0 aliphatic carbocycles. The average Bonchev–Trinajstić information content (AvgIpc) is 3.14. The van der Waals surface area contributed by atoms with Gasteiger partial charge in [-0.1, -0.05) is 39.0 Å². The van der Waals surface area contributed by atoms with E-state index in [0.29, 0.717) is 18.9 Å². The van der Waals surface area contributed by atoms with Gasteiger partial charge in [0.2, 0.25) is 5.95 Å². The minimum atomic E-state index is -0.747. The van der Waals surface area contributed by atoms with Gasteiger partial charge < -0.3 is 10.2 Å². The van der Waals surface area contributed by atoms with E-state index in [9.17, 15) is 13.6 Å². The molecule has 2 unspecified atom stereocenters. The Hall–Kier alpha value is -2.99. The molecule has 3 heterocycles.